The Morgan fingerprint density at radius 3 is 2.46 bits per heavy atom. The molecule has 0 atom stereocenters. The van der Waals surface area contributed by atoms with Gasteiger partial charge >= 0.3 is 0 Å². The van der Waals surface area contributed by atoms with Crippen LogP contribution in [0.1, 0.15) is 29.1 Å². The summed E-state index contributed by atoms with van der Waals surface area (Å²) in [6, 6.07) is 10.3. The zero-order chi connectivity index (χ0) is 16.6. The molecule has 2 fully saturated rings. The molecular weight excluding hydrogens is 318 g/mol. The number of carbonyl (C=O) groups excluding carboxylic acids is 1. The molecular formula is C19H23N3OS. The Morgan fingerprint density at radius 2 is 1.88 bits per heavy atom. The van der Waals surface area contributed by atoms with Gasteiger partial charge in [-0.3, -0.25) is 9.69 Å². The van der Waals surface area contributed by atoms with Crippen LogP contribution >= 0.6 is 11.3 Å². The zero-order valence-electron chi connectivity index (χ0n) is 14.1. The van der Waals surface area contributed by atoms with Crippen molar-refractivity contribution in [3.05, 3.63) is 52.0 Å². The lowest BCUT2D eigenvalue weighted by molar-refractivity contribution is -0.135. The molecule has 126 valence electrons. The van der Waals surface area contributed by atoms with Gasteiger partial charge in [-0.05, 0) is 25.3 Å². The van der Waals surface area contributed by atoms with E-state index in [0.717, 1.165) is 56.3 Å². The maximum atomic E-state index is 13.0. The van der Waals surface area contributed by atoms with Crippen molar-refractivity contribution < 1.29 is 4.79 Å². The number of amides is 1. The van der Waals surface area contributed by atoms with E-state index in [1.165, 1.54) is 5.56 Å². The van der Waals surface area contributed by atoms with Crippen molar-refractivity contribution in [1.82, 2.24) is 14.8 Å². The highest BCUT2D eigenvalue weighted by molar-refractivity contribution is 7.09. The number of thiazole rings is 1. The van der Waals surface area contributed by atoms with Crippen LogP contribution in [0.3, 0.4) is 0 Å². The fraction of sp³-hybridized carbons (Fsp3) is 0.474. The number of aromatic nitrogens is 1. The lowest BCUT2D eigenvalue weighted by Crippen LogP contribution is -2.51. The van der Waals surface area contributed by atoms with Gasteiger partial charge in [0.15, 0.2) is 0 Å². The quantitative estimate of drug-likeness (QED) is 0.858. The number of aryl methyl sites for hydroxylation is 1. The molecule has 2 heterocycles. The molecule has 0 bridgehead atoms. The van der Waals surface area contributed by atoms with Crippen LogP contribution in [0.2, 0.25) is 0 Å². The molecule has 0 unspecified atom stereocenters. The number of carbonyl (C=O) groups is 1. The van der Waals surface area contributed by atoms with E-state index in [-0.39, 0.29) is 5.41 Å². The number of hydrogen-bond donors (Lipinski definition) is 0. The van der Waals surface area contributed by atoms with E-state index in [0.29, 0.717) is 5.91 Å². The van der Waals surface area contributed by atoms with Gasteiger partial charge in [-0.2, -0.15) is 0 Å². The van der Waals surface area contributed by atoms with E-state index in [1.54, 1.807) is 11.3 Å². The molecule has 1 aliphatic carbocycles. The molecule has 0 radical (unpaired) electrons. The summed E-state index contributed by atoms with van der Waals surface area (Å²) in [6.45, 7) is 6.48. The first-order chi connectivity index (χ1) is 11.7. The summed E-state index contributed by atoms with van der Waals surface area (Å²) in [6.07, 6.45) is 1.99. The first-order valence-corrected chi connectivity index (χ1v) is 9.54. The topological polar surface area (TPSA) is 36.4 Å². The number of hydrogen-bond acceptors (Lipinski definition) is 4. The van der Waals surface area contributed by atoms with E-state index in [1.807, 2.05) is 25.1 Å². The molecule has 5 heteroatoms. The van der Waals surface area contributed by atoms with Crippen molar-refractivity contribution in [3.8, 4) is 0 Å². The summed E-state index contributed by atoms with van der Waals surface area (Å²) in [5, 5.41) is 3.26. The molecule has 1 saturated carbocycles. The van der Waals surface area contributed by atoms with Crippen molar-refractivity contribution in [2.75, 3.05) is 26.2 Å². The predicted octanol–water partition coefficient (Wildman–Crippen LogP) is 2.83. The molecule has 24 heavy (non-hydrogen) atoms. The van der Waals surface area contributed by atoms with Gasteiger partial charge in [0.2, 0.25) is 5.91 Å². The number of benzene rings is 1. The normalized spacial score (nSPS) is 20.1. The number of nitrogens with zero attached hydrogens (tertiary/aromatic N) is 3. The van der Waals surface area contributed by atoms with Crippen molar-refractivity contribution >= 4 is 17.2 Å². The van der Waals surface area contributed by atoms with Crippen LogP contribution in [-0.4, -0.2) is 46.9 Å². The minimum Gasteiger partial charge on any atom is -0.339 e. The highest BCUT2D eigenvalue weighted by Crippen LogP contribution is 2.49. The fourth-order valence-electron chi connectivity index (χ4n) is 3.63. The van der Waals surface area contributed by atoms with Crippen LogP contribution in [0.4, 0.5) is 0 Å². The molecule has 1 aliphatic heterocycles. The molecule has 0 spiro atoms. The van der Waals surface area contributed by atoms with Crippen LogP contribution < -0.4 is 0 Å². The first kappa shape index (κ1) is 15.8. The Morgan fingerprint density at radius 1 is 1.17 bits per heavy atom. The first-order valence-electron chi connectivity index (χ1n) is 8.66. The average Bonchev–Trinajstić information content (AvgIpc) is 3.33. The number of piperazine rings is 1. The minimum atomic E-state index is -0.227. The van der Waals surface area contributed by atoms with E-state index < -0.39 is 0 Å². The molecule has 4 rings (SSSR count). The Kier molecular flexibility index (Phi) is 4.14. The Balaban J connectivity index is 1.37. The Hall–Kier alpha value is -1.72. The summed E-state index contributed by atoms with van der Waals surface area (Å²) < 4.78 is 0. The summed E-state index contributed by atoms with van der Waals surface area (Å²) in [7, 11) is 0. The van der Waals surface area contributed by atoms with Gasteiger partial charge in [-0.15, -0.1) is 11.3 Å². The van der Waals surface area contributed by atoms with Crippen LogP contribution in [0, 0.1) is 6.92 Å². The number of rotatable bonds is 4. The maximum Gasteiger partial charge on any atom is 0.233 e. The lowest BCUT2D eigenvalue weighted by atomic mass is 9.94. The molecule has 1 aromatic heterocycles. The summed E-state index contributed by atoms with van der Waals surface area (Å²) in [5.74, 6) is 0.331. The maximum absolute atomic E-state index is 13.0. The standard InChI is InChI=1S/C19H23N3OS/c1-15-20-17(14-24-15)13-21-9-11-22(12-10-21)18(23)19(7-8-19)16-5-3-2-4-6-16/h2-6,14H,7-13H2,1H3. The fourth-order valence-corrected chi connectivity index (χ4v) is 4.23. The smallest absolute Gasteiger partial charge is 0.233 e. The Labute approximate surface area is 147 Å². The van der Waals surface area contributed by atoms with E-state index in [9.17, 15) is 4.79 Å². The third kappa shape index (κ3) is 2.98. The van der Waals surface area contributed by atoms with Crippen LogP contribution in [0.5, 0.6) is 0 Å². The van der Waals surface area contributed by atoms with Crippen molar-refractivity contribution in [1.29, 1.82) is 0 Å². The van der Waals surface area contributed by atoms with Gasteiger partial charge in [0, 0.05) is 38.1 Å². The predicted molar refractivity (Wildman–Crippen MR) is 96.1 cm³/mol. The van der Waals surface area contributed by atoms with E-state index >= 15 is 0 Å². The summed E-state index contributed by atoms with van der Waals surface area (Å²) >= 11 is 1.71. The average molecular weight is 341 g/mol. The second-order valence-electron chi connectivity index (χ2n) is 6.87. The van der Waals surface area contributed by atoms with Crippen molar-refractivity contribution in [2.45, 2.75) is 31.7 Å². The molecule has 1 amide bonds. The van der Waals surface area contributed by atoms with Gasteiger partial charge in [0.25, 0.3) is 0 Å². The highest BCUT2D eigenvalue weighted by atomic mass is 32.1. The lowest BCUT2D eigenvalue weighted by Gasteiger charge is -2.36. The van der Waals surface area contributed by atoms with Crippen molar-refractivity contribution in [3.63, 3.8) is 0 Å². The third-order valence-corrected chi connectivity index (χ3v) is 6.02. The zero-order valence-corrected chi connectivity index (χ0v) is 14.9. The van der Waals surface area contributed by atoms with Crippen LogP contribution in [-0.2, 0) is 16.8 Å². The minimum absolute atomic E-state index is 0.227. The van der Waals surface area contributed by atoms with Gasteiger partial charge in [0.1, 0.15) is 0 Å². The van der Waals surface area contributed by atoms with Crippen molar-refractivity contribution in [2.24, 2.45) is 0 Å². The molecule has 1 aromatic carbocycles. The highest BCUT2D eigenvalue weighted by Gasteiger charge is 2.53. The Bertz CT molecular complexity index is 715. The second-order valence-corrected chi connectivity index (χ2v) is 7.94. The SMILES string of the molecule is Cc1nc(CN2CCN(C(=O)C3(c4ccccc4)CC3)CC2)cs1. The molecule has 0 N–H and O–H groups in total. The van der Waals surface area contributed by atoms with Gasteiger partial charge in [0.05, 0.1) is 16.1 Å². The molecule has 2 aromatic rings. The van der Waals surface area contributed by atoms with Crippen LogP contribution in [0.25, 0.3) is 0 Å². The molecule has 2 aliphatic rings. The summed E-state index contributed by atoms with van der Waals surface area (Å²) in [5.41, 5.74) is 2.12. The third-order valence-electron chi connectivity index (χ3n) is 5.20. The van der Waals surface area contributed by atoms with Gasteiger partial charge in [-0.1, -0.05) is 30.3 Å². The summed E-state index contributed by atoms with van der Waals surface area (Å²) in [4.78, 5) is 22.1. The monoisotopic (exact) mass is 341 g/mol. The van der Waals surface area contributed by atoms with E-state index in [4.69, 9.17) is 0 Å². The van der Waals surface area contributed by atoms with Crippen LogP contribution in [0.15, 0.2) is 35.7 Å². The molecule has 1 saturated heterocycles. The van der Waals surface area contributed by atoms with Gasteiger partial charge in [-0.25, -0.2) is 4.98 Å². The van der Waals surface area contributed by atoms with Gasteiger partial charge < -0.3 is 4.90 Å². The largest absolute Gasteiger partial charge is 0.339 e. The molecule has 4 nitrogen and oxygen atoms in total. The second kappa shape index (κ2) is 6.30. The van der Waals surface area contributed by atoms with E-state index in [2.05, 4.69) is 32.3 Å².